The van der Waals surface area contributed by atoms with Crippen molar-refractivity contribution in [2.24, 2.45) is 0 Å². The molecule has 1 aliphatic rings. The molecule has 6 heteroatoms. The highest BCUT2D eigenvalue weighted by atomic mass is 16.5. The first-order valence-electron chi connectivity index (χ1n) is 8.63. The van der Waals surface area contributed by atoms with Crippen molar-refractivity contribution in [3.05, 3.63) is 54.1 Å². The molecule has 0 aromatic heterocycles. The van der Waals surface area contributed by atoms with Crippen LogP contribution in [-0.2, 0) is 4.79 Å². The standard InChI is InChI=1S/C20H23N3O3/c1-15(24)22-10-12-23(13-11-22)17-7-5-6-16(14-17)21-20(25)18-8-3-4-9-19(18)26-2/h3-9,14H,10-13H2,1-2H3,(H,21,25). The molecule has 1 saturated heterocycles. The highest BCUT2D eigenvalue weighted by molar-refractivity contribution is 6.06. The average Bonchev–Trinajstić information content (AvgIpc) is 2.68. The van der Waals surface area contributed by atoms with E-state index in [1.807, 2.05) is 41.3 Å². The molecule has 136 valence electrons. The molecule has 0 radical (unpaired) electrons. The lowest BCUT2D eigenvalue weighted by atomic mass is 10.1. The maximum Gasteiger partial charge on any atom is 0.259 e. The van der Waals surface area contributed by atoms with E-state index >= 15 is 0 Å². The molecule has 2 amide bonds. The largest absolute Gasteiger partial charge is 0.496 e. The summed E-state index contributed by atoms with van der Waals surface area (Å²) in [7, 11) is 1.55. The zero-order valence-electron chi connectivity index (χ0n) is 15.1. The van der Waals surface area contributed by atoms with Gasteiger partial charge in [0.1, 0.15) is 5.75 Å². The molecule has 1 N–H and O–H groups in total. The van der Waals surface area contributed by atoms with Crippen molar-refractivity contribution in [1.29, 1.82) is 0 Å². The third-order valence-corrected chi connectivity index (χ3v) is 4.55. The molecule has 1 aliphatic heterocycles. The lowest BCUT2D eigenvalue weighted by molar-refractivity contribution is -0.129. The van der Waals surface area contributed by atoms with E-state index in [0.717, 1.165) is 24.5 Å². The van der Waals surface area contributed by atoms with Crippen LogP contribution in [0.15, 0.2) is 48.5 Å². The zero-order valence-corrected chi connectivity index (χ0v) is 15.1. The molecule has 2 aromatic carbocycles. The molecule has 1 heterocycles. The Morgan fingerprint density at radius 3 is 2.42 bits per heavy atom. The predicted octanol–water partition coefficient (Wildman–Crippen LogP) is 2.62. The number of benzene rings is 2. The number of nitrogens with one attached hydrogen (secondary N) is 1. The van der Waals surface area contributed by atoms with Crippen LogP contribution < -0.4 is 15.0 Å². The van der Waals surface area contributed by atoms with E-state index < -0.39 is 0 Å². The van der Waals surface area contributed by atoms with Crippen molar-refractivity contribution in [2.75, 3.05) is 43.5 Å². The third-order valence-electron chi connectivity index (χ3n) is 4.55. The molecule has 1 fully saturated rings. The zero-order chi connectivity index (χ0) is 18.5. The van der Waals surface area contributed by atoms with Crippen molar-refractivity contribution >= 4 is 23.2 Å². The maximum atomic E-state index is 12.6. The lowest BCUT2D eigenvalue weighted by Crippen LogP contribution is -2.48. The number of nitrogens with zero attached hydrogens (tertiary/aromatic N) is 2. The Bertz CT molecular complexity index is 798. The second-order valence-electron chi connectivity index (χ2n) is 6.20. The summed E-state index contributed by atoms with van der Waals surface area (Å²) in [5.41, 5.74) is 2.26. The minimum atomic E-state index is -0.207. The molecule has 0 bridgehead atoms. The molecule has 0 spiro atoms. The summed E-state index contributed by atoms with van der Waals surface area (Å²) in [4.78, 5) is 28.1. The number of piperazine rings is 1. The van der Waals surface area contributed by atoms with Crippen LogP contribution in [0.3, 0.4) is 0 Å². The summed E-state index contributed by atoms with van der Waals surface area (Å²) >= 11 is 0. The SMILES string of the molecule is COc1ccccc1C(=O)Nc1cccc(N2CCN(C(C)=O)CC2)c1. The summed E-state index contributed by atoms with van der Waals surface area (Å²) in [5.74, 6) is 0.449. The first kappa shape index (κ1) is 17.8. The normalized spacial score (nSPS) is 14.1. The predicted molar refractivity (Wildman–Crippen MR) is 102 cm³/mol. The van der Waals surface area contributed by atoms with Gasteiger partial charge in [-0.3, -0.25) is 9.59 Å². The Labute approximate surface area is 153 Å². The second-order valence-corrected chi connectivity index (χ2v) is 6.20. The molecule has 26 heavy (non-hydrogen) atoms. The number of hydrogen-bond acceptors (Lipinski definition) is 4. The summed E-state index contributed by atoms with van der Waals surface area (Å²) in [6, 6.07) is 14.9. The summed E-state index contributed by atoms with van der Waals surface area (Å²) < 4.78 is 5.25. The number of para-hydroxylation sites is 1. The van der Waals surface area contributed by atoms with Crippen LogP contribution in [0.25, 0.3) is 0 Å². The molecule has 0 atom stereocenters. The minimum absolute atomic E-state index is 0.113. The van der Waals surface area contributed by atoms with E-state index in [0.29, 0.717) is 24.4 Å². The Hall–Kier alpha value is -3.02. The van der Waals surface area contributed by atoms with E-state index in [-0.39, 0.29) is 11.8 Å². The van der Waals surface area contributed by atoms with Crippen molar-refractivity contribution in [3.63, 3.8) is 0 Å². The third kappa shape index (κ3) is 3.96. The number of ether oxygens (including phenoxy) is 1. The smallest absolute Gasteiger partial charge is 0.259 e. The van der Waals surface area contributed by atoms with Gasteiger partial charge in [0.05, 0.1) is 12.7 Å². The highest BCUT2D eigenvalue weighted by Gasteiger charge is 2.19. The van der Waals surface area contributed by atoms with Crippen LogP contribution in [0.1, 0.15) is 17.3 Å². The average molecular weight is 353 g/mol. The monoisotopic (exact) mass is 353 g/mol. The molecule has 0 aliphatic carbocycles. The highest BCUT2D eigenvalue weighted by Crippen LogP contribution is 2.23. The number of methoxy groups -OCH3 is 1. The van der Waals surface area contributed by atoms with E-state index in [2.05, 4.69) is 10.2 Å². The summed E-state index contributed by atoms with van der Waals surface area (Å²) in [5, 5.41) is 2.93. The van der Waals surface area contributed by atoms with E-state index in [4.69, 9.17) is 4.74 Å². The second kappa shape index (κ2) is 7.91. The van der Waals surface area contributed by atoms with Crippen LogP contribution >= 0.6 is 0 Å². The van der Waals surface area contributed by atoms with Gasteiger partial charge in [0.15, 0.2) is 0 Å². The van der Waals surface area contributed by atoms with Crippen LogP contribution in [-0.4, -0.2) is 50.0 Å². The van der Waals surface area contributed by atoms with Crippen LogP contribution in [0.5, 0.6) is 5.75 Å². The number of anilines is 2. The van der Waals surface area contributed by atoms with Crippen molar-refractivity contribution < 1.29 is 14.3 Å². The molecule has 6 nitrogen and oxygen atoms in total. The Balaban J connectivity index is 1.70. The van der Waals surface area contributed by atoms with Gasteiger partial charge in [-0.2, -0.15) is 0 Å². The van der Waals surface area contributed by atoms with Gasteiger partial charge in [0.25, 0.3) is 5.91 Å². The summed E-state index contributed by atoms with van der Waals surface area (Å²) in [6.45, 7) is 4.59. The van der Waals surface area contributed by atoms with Crippen molar-refractivity contribution in [3.8, 4) is 5.75 Å². The van der Waals surface area contributed by atoms with Crippen LogP contribution in [0.2, 0.25) is 0 Å². The van der Waals surface area contributed by atoms with Crippen molar-refractivity contribution in [1.82, 2.24) is 4.90 Å². The quantitative estimate of drug-likeness (QED) is 0.918. The molecule has 3 rings (SSSR count). The van der Waals surface area contributed by atoms with Gasteiger partial charge in [-0.25, -0.2) is 0 Å². The number of hydrogen-bond donors (Lipinski definition) is 1. The molecule has 0 unspecified atom stereocenters. The van der Waals surface area contributed by atoms with Gasteiger partial charge in [-0.1, -0.05) is 18.2 Å². The van der Waals surface area contributed by atoms with E-state index in [9.17, 15) is 9.59 Å². The Morgan fingerprint density at radius 1 is 1.00 bits per heavy atom. The lowest BCUT2D eigenvalue weighted by Gasteiger charge is -2.35. The fourth-order valence-electron chi connectivity index (χ4n) is 3.09. The van der Waals surface area contributed by atoms with Gasteiger partial charge in [-0.15, -0.1) is 0 Å². The van der Waals surface area contributed by atoms with E-state index in [1.165, 1.54) is 0 Å². The molecular weight excluding hydrogens is 330 g/mol. The van der Waals surface area contributed by atoms with Gasteiger partial charge in [0, 0.05) is 44.5 Å². The number of carbonyl (C=O) groups excluding carboxylic acids is 2. The number of amides is 2. The van der Waals surface area contributed by atoms with Gasteiger partial charge < -0.3 is 19.9 Å². The van der Waals surface area contributed by atoms with Crippen molar-refractivity contribution in [2.45, 2.75) is 6.92 Å². The topological polar surface area (TPSA) is 61.9 Å². The van der Waals surface area contributed by atoms with Gasteiger partial charge in [0.2, 0.25) is 5.91 Å². The van der Waals surface area contributed by atoms with Crippen LogP contribution in [0, 0.1) is 0 Å². The number of rotatable bonds is 4. The molecular formula is C20H23N3O3. The first-order chi connectivity index (χ1) is 12.6. The first-order valence-corrected chi connectivity index (χ1v) is 8.63. The Morgan fingerprint density at radius 2 is 1.73 bits per heavy atom. The van der Waals surface area contributed by atoms with Crippen LogP contribution in [0.4, 0.5) is 11.4 Å². The fraction of sp³-hybridized carbons (Fsp3) is 0.300. The summed E-state index contributed by atoms with van der Waals surface area (Å²) in [6.07, 6.45) is 0. The molecule has 2 aromatic rings. The maximum absolute atomic E-state index is 12.6. The van der Waals surface area contributed by atoms with Gasteiger partial charge in [-0.05, 0) is 30.3 Å². The minimum Gasteiger partial charge on any atom is -0.496 e. The molecule has 0 saturated carbocycles. The number of carbonyl (C=O) groups is 2. The fourth-order valence-corrected chi connectivity index (χ4v) is 3.09. The van der Waals surface area contributed by atoms with E-state index in [1.54, 1.807) is 26.2 Å². The van der Waals surface area contributed by atoms with Gasteiger partial charge >= 0.3 is 0 Å². The Kier molecular flexibility index (Phi) is 5.41.